The van der Waals surface area contributed by atoms with E-state index in [9.17, 15) is 10.1 Å². The predicted octanol–water partition coefficient (Wildman–Crippen LogP) is 5.24. The van der Waals surface area contributed by atoms with Crippen LogP contribution in [0.4, 0.5) is 0 Å². The number of aromatic nitrogens is 1. The van der Waals surface area contributed by atoms with E-state index in [4.69, 9.17) is 21.1 Å². The first-order chi connectivity index (χ1) is 13.1. The van der Waals surface area contributed by atoms with Crippen molar-refractivity contribution in [3.63, 3.8) is 0 Å². The van der Waals surface area contributed by atoms with Crippen LogP contribution in [0.3, 0.4) is 0 Å². The summed E-state index contributed by atoms with van der Waals surface area (Å²) >= 11 is 7.31. The fourth-order valence-electron chi connectivity index (χ4n) is 2.64. The number of carbonyl (C=O) groups is 1. The molecule has 1 heterocycles. The lowest BCUT2D eigenvalue weighted by atomic mass is 9.99. The summed E-state index contributed by atoms with van der Waals surface area (Å²) in [6.07, 6.45) is 0. The van der Waals surface area contributed by atoms with Gasteiger partial charge in [0, 0.05) is 10.6 Å². The molecule has 0 saturated heterocycles. The summed E-state index contributed by atoms with van der Waals surface area (Å²) in [5.74, 6) is -0.266. The Kier molecular flexibility index (Phi) is 5.94. The van der Waals surface area contributed by atoms with Gasteiger partial charge in [0.05, 0.1) is 29.5 Å². The van der Waals surface area contributed by atoms with E-state index < -0.39 is 5.92 Å². The van der Waals surface area contributed by atoms with Crippen molar-refractivity contribution in [1.29, 1.82) is 5.26 Å². The molecule has 138 valence electrons. The number of Topliss-reactive ketones (excluding diaryl/α,β-unsaturated/α-hetero) is 1. The normalized spacial score (nSPS) is 11.8. The van der Waals surface area contributed by atoms with E-state index in [1.807, 2.05) is 19.9 Å². The van der Waals surface area contributed by atoms with Gasteiger partial charge in [-0.3, -0.25) is 4.79 Å². The van der Waals surface area contributed by atoms with Crippen LogP contribution >= 0.6 is 22.9 Å². The van der Waals surface area contributed by atoms with Crippen LogP contribution in [0.15, 0.2) is 36.4 Å². The van der Waals surface area contributed by atoms with Gasteiger partial charge in [0.1, 0.15) is 5.01 Å². The van der Waals surface area contributed by atoms with Crippen molar-refractivity contribution in [1.82, 2.24) is 4.98 Å². The van der Waals surface area contributed by atoms with Gasteiger partial charge in [0.15, 0.2) is 23.2 Å². The molecular formula is C20H17ClN2O3S. The third kappa shape index (κ3) is 4.05. The molecule has 0 bridgehead atoms. The molecule has 3 rings (SSSR count). The summed E-state index contributed by atoms with van der Waals surface area (Å²) in [5, 5.41) is 10.6. The van der Waals surface area contributed by atoms with E-state index in [0.29, 0.717) is 45.8 Å². The van der Waals surface area contributed by atoms with Crippen LogP contribution < -0.4 is 9.47 Å². The fourth-order valence-corrected chi connectivity index (χ4v) is 3.80. The highest BCUT2D eigenvalue weighted by molar-refractivity contribution is 7.18. The van der Waals surface area contributed by atoms with E-state index in [1.165, 1.54) is 11.3 Å². The van der Waals surface area contributed by atoms with Crippen molar-refractivity contribution >= 4 is 38.9 Å². The van der Waals surface area contributed by atoms with Crippen molar-refractivity contribution in [2.75, 3.05) is 13.2 Å². The molecule has 0 aliphatic heterocycles. The van der Waals surface area contributed by atoms with E-state index >= 15 is 0 Å². The highest BCUT2D eigenvalue weighted by atomic mass is 35.5. The lowest BCUT2D eigenvalue weighted by Gasteiger charge is -2.12. The Hall–Kier alpha value is -2.62. The molecule has 0 radical (unpaired) electrons. The molecule has 7 heteroatoms. The number of nitriles is 1. The first kappa shape index (κ1) is 19.2. The Morgan fingerprint density at radius 3 is 2.63 bits per heavy atom. The number of halogens is 1. The van der Waals surface area contributed by atoms with Gasteiger partial charge < -0.3 is 9.47 Å². The second-order valence-electron chi connectivity index (χ2n) is 5.62. The van der Waals surface area contributed by atoms with Gasteiger partial charge >= 0.3 is 0 Å². The van der Waals surface area contributed by atoms with Crippen LogP contribution in [0.5, 0.6) is 11.5 Å². The highest BCUT2D eigenvalue weighted by Gasteiger charge is 2.26. The zero-order chi connectivity index (χ0) is 19.4. The standard InChI is InChI=1S/C20H17ClN2O3S/c1-3-25-16-7-5-12(9-17(16)26-4-2)19(24)14(11-22)20-23-15-10-13(21)6-8-18(15)27-20/h5-10,14H,3-4H2,1-2H3. The quantitative estimate of drug-likeness (QED) is 0.507. The Labute approximate surface area is 166 Å². The van der Waals surface area contributed by atoms with Gasteiger partial charge in [-0.2, -0.15) is 5.26 Å². The fraction of sp³-hybridized carbons (Fsp3) is 0.250. The van der Waals surface area contributed by atoms with Gasteiger partial charge in [-0.1, -0.05) is 11.6 Å². The van der Waals surface area contributed by atoms with Crippen molar-refractivity contribution in [2.45, 2.75) is 19.8 Å². The first-order valence-electron chi connectivity index (χ1n) is 8.46. The SMILES string of the molecule is CCOc1ccc(C(=O)C(C#N)c2nc3cc(Cl)ccc3s2)cc1OCC. The number of carbonyl (C=O) groups excluding carboxylic acids is 1. The molecule has 0 amide bonds. The number of hydrogen-bond acceptors (Lipinski definition) is 6. The molecule has 0 spiro atoms. The smallest absolute Gasteiger partial charge is 0.187 e. The van der Waals surface area contributed by atoms with Crippen LogP contribution in [-0.4, -0.2) is 24.0 Å². The van der Waals surface area contributed by atoms with Gasteiger partial charge in [0.25, 0.3) is 0 Å². The van der Waals surface area contributed by atoms with Crippen LogP contribution in [-0.2, 0) is 0 Å². The molecule has 5 nitrogen and oxygen atoms in total. The highest BCUT2D eigenvalue weighted by Crippen LogP contribution is 2.33. The number of ketones is 1. The lowest BCUT2D eigenvalue weighted by molar-refractivity contribution is 0.0978. The van der Waals surface area contributed by atoms with Gasteiger partial charge in [-0.25, -0.2) is 4.98 Å². The number of ether oxygens (including phenoxy) is 2. The summed E-state index contributed by atoms with van der Waals surface area (Å²) in [5.41, 5.74) is 1.06. The number of rotatable bonds is 7. The monoisotopic (exact) mass is 400 g/mol. The summed E-state index contributed by atoms with van der Waals surface area (Å²) in [4.78, 5) is 17.4. The topological polar surface area (TPSA) is 72.2 Å². The predicted molar refractivity (Wildman–Crippen MR) is 106 cm³/mol. The molecule has 2 aromatic carbocycles. The molecule has 0 aliphatic rings. The third-order valence-corrected chi connectivity index (χ3v) is 5.17. The molecule has 1 unspecified atom stereocenters. The Morgan fingerprint density at radius 2 is 1.93 bits per heavy atom. The molecule has 27 heavy (non-hydrogen) atoms. The Balaban J connectivity index is 1.96. The largest absolute Gasteiger partial charge is 0.490 e. The summed E-state index contributed by atoms with van der Waals surface area (Å²) in [6, 6.07) is 12.3. The minimum Gasteiger partial charge on any atom is -0.490 e. The van der Waals surface area contributed by atoms with Gasteiger partial charge in [-0.15, -0.1) is 11.3 Å². The van der Waals surface area contributed by atoms with Crippen LogP contribution in [0, 0.1) is 11.3 Å². The van der Waals surface area contributed by atoms with Crippen molar-refractivity contribution in [2.24, 2.45) is 0 Å². The molecule has 0 N–H and O–H groups in total. The zero-order valence-electron chi connectivity index (χ0n) is 14.9. The maximum Gasteiger partial charge on any atom is 0.187 e. The van der Waals surface area contributed by atoms with E-state index in [2.05, 4.69) is 11.1 Å². The number of fused-ring (bicyclic) bond motifs is 1. The van der Waals surface area contributed by atoms with Crippen molar-refractivity contribution in [3.8, 4) is 17.6 Å². The van der Waals surface area contributed by atoms with Crippen LogP contribution in [0.1, 0.15) is 35.1 Å². The van der Waals surface area contributed by atoms with E-state index in [-0.39, 0.29) is 5.78 Å². The number of benzene rings is 2. The second kappa shape index (κ2) is 8.38. The number of thiazole rings is 1. The molecule has 3 aromatic rings. The van der Waals surface area contributed by atoms with Gasteiger partial charge in [-0.05, 0) is 50.2 Å². The second-order valence-corrected chi connectivity index (χ2v) is 7.12. The molecule has 0 aliphatic carbocycles. The van der Waals surface area contributed by atoms with Gasteiger partial charge in [0.2, 0.25) is 0 Å². The molecular weight excluding hydrogens is 384 g/mol. The molecule has 1 atom stereocenters. The van der Waals surface area contributed by atoms with E-state index in [1.54, 1.807) is 30.3 Å². The summed E-state index contributed by atoms with van der Waals surface area (Å²) in [7, 11) is 0. The average molecular weight is 401 g/mol. The zero-order valence-corrected chi connectivity index (χ0v) is 16.4. The first-order valence-corrected chi connectivity index (χ1v) is 9.66. The summed E-state index contributed by atoms with van der Waals surface area (Å²) < 4.78 is 12.0. The minimum atomic E-state index is -0.992. The lowest BCUT2D eigenvalue weighted by Crippen LogP contribution is -2.11. The Morgan fingerprint density at radius 1 is 1.19 bits per heavy atom. The number of nitrogens with zero attached hydrogens (tertiary/aromatic N) is 2. The van der Waals surface area contributed by atoms with Crippen LogP contribution in [0.2, 0.25) is 5.02 Å². The van der Waals surface area contributed by atoms with E-state index in [0.717, 1.165) is 4.70 Å². The van der Waals surface area contributed by atoms with Crippen molar-refractivity contribution < 1.29 is 14.3 Å². The maximum absolute atomic E-state index is 13.0. The molecule has 0 fully saturated rings. The minimum absolute atomic E-state index is 0.327. The molecule has 1 aromatic heterocycles. The Bertz CT molecular complexity index is 1030. The molecule has 0 saturated carbocycles. The average Bonchev–Trinajstić information content (AvgIpc) is 3.06. The van der Waals surface area contributed by atoms with Crippen LogP contribution in [0.25, 0.3) is 10.2 Å². The number of hydrogen-bond donors (Lipinski definition) is 0. The maximum atomic E-state index is 13.0. The third-order valence-electron chi connectivity index (χ3n) is 3.83. The van der Waals surface area contributed by atoms with Crippen molar-refractivity contribution in [3.05, 3.63) is 52.0 Å². The summed E-state index contributed by atoms with van der Waals surface area (Å²) in [6.45, 7) is 4.66.